The van der Waals surface area contributed by atoms with E-state index < -0.39 is 0 Å². The first kappa shape index (κ1) is 7.29. The van der Waals surface area contributed by atoms with Crippen LogP contribution in [0, 0.1) is 11.8 Å². The first-order chi connectivity index (χ1) is 5.20. The molecule has 2 aliphatic rings. The lowest BCUT2D eigenvalue weighted by molar-refractivity contribution is -0.121. The fourth-order valence-corrected chi connectivity index (χ4v) is 1.63. The van der Waals surface area contributed by atoms with Crippen molar-refractivity contribution in [1.82, 2.24) is 5.32 Å². The highest BCUT2D eigenvalue weighted by Crippen LogP contribution is 2.40. The lowest BCUT2D eigenvalue weighted by atomic mass is 10.0. The van der Waals surface area contributed by atoms with Crippen molar-refractivity contribution in [2.45, 2.75) is 38.8 Å². The van der Waals surface area contributed by atoms with Gasteiger partial charge in [-0.2, -0.15) is 0 Å². The van der Waals surface area contributed by atoms with Gasteiger partial charge in [0.05, 0.1) is 6.04 Å². The van der Waals surface area contributed by atoms with Crippen molar-refractivity contribution >= 4 is 5.78 Å². The van der Waals surface area contributed by atoms with Gasteiger partial charge < -0.3 is 5.32 Å². The third kappa shape index (κ3) is 1.32. The molecule has 0 aromatic heterocycles. The zero-order chi connectivity index (χ0) is 8.01. The fourth-order valence-electron chi connectivity index (χ4n) is 1.63. The molecule has 0 radical (unpaired) electrons. The lowest BCUT2D eigenvalue weighted by Crippen LogP contribution is -2.17. The molecule has 1 N–H and O–H groups in total. The minimum absolute atomic E-state index is 0.205. The number of Topliss-reactive ketones (excluding diaryl/α,β-unsaturated/α-hetero) is 1. The van der Waals surface area contributed by atoms with Gasteiger partial charge in [-0.1, -0.05) is 13.8 Å². The summed E-state index contributed by atoms with van der Waals surface area (Å²) in [5.41, 5.74) is 0. The van der Waals surface area contributed by atoms with Crippen molar-refractivity contribution < 1.29 is 4.79 Å². The predicted molar refractivity (Wildman–Crippen MR) is 43.3 cm³/mol. The third-order valence-electron chi connectivity index (χ3n) is 2.63. The van der Waals surface area contributed by atoms with Crippen molar-refractivity contribution in [2.24, 2.45) is 11.8 Å². The molecule has 2 fully saturated rings. The number of rotatable bonds is 3. The van der Waals surface area contributed by atoms with Gasteiger partial charge in [0.15, 0.2) is 5.78 Å². The predicted octanol–water partition coefficient (Wildman–Crippen LogP) is 0.962. The molecule has 0 unspecified atom stereocenters. The standard InChI is InChI=1S/C9H15NO/c1-5(2)9(11)8-7(10-8)6-3-4-6/h5-8,10H,3-4H2,1-2H3/t7-,8-/m1/s1. The normalized spacial score (nSPS) is 35.9. The molecule has 1 heterocycles. The van der Waals surface area contributed by atoms with Crippen LogP contribution >= 0.6 is 0 Å². The van der Waals surface area contributed by atoms with E-state index in [1.54, 1.807) is 0 Å². The van der Waals surface area contributed by atoms with Crippen LogP contribution in [0.5, 0.6) is 0 Å². The molecule has 2 nitrogen and oxygen atoms in total. The van der Waals surface area contributed by atoms with E-state index in [2.05, 4.69) is 5.32 Å². The summed E-state index contributed by atoms with van der Waals surface area (Å²) in [5, 5.41) is 3.26. The average Bonchev–Trinajstić information content (AvgIpc) is 2.79. The molecular formula is C9H15NO. The van der Waals surface area contributed by atoms with Crippen molar-refractivity contribution in [3.8, 4) is 0 Å². The summed E-state index contributed by atoms with van der Waals surface area (Å²) in [6.45, 7) is 3.96. The Kier molecular flexibility index (Phi) is 1.53. The molecule has 62 valence electrons. The van der Waals surface area contributed by atoms with E-state index in [1.165, 1.54) is 12.8 Å². The number of nitrogens with one attached hydrogen (secondary N) is 1. The monoisotopic (exact) mass is 153 g/mol. The summed E-state index contributed by atoms with van der Waals surface area (Å²) < 4.78 is 0. The van der Waals surface area contributed by atoms with Crippen LogP contribution in [0.2, 0.25) is 0 Å². The van der Waals surface area contributed by atoms with Crippen molar-refractivity contribution in [3.63, 3.8) is 0 Å². The molecule has 1 aliphatic heterocycles. The number of carbonyl (C=O) groups excluding carboxylic acids is 1. The molecule has 0 aromatic carbocycles. The van der Waals surface area contributed by atoms with Crippen LogP contribution in [0.15, 0.2) is 0 Å². The smallest absolute Gasteiger partial charge is 0.153 e. The average molecular weight is 153 g/mol. The molecule has 2 atom stereocenters. The molecule has 11 heavy (non-hydrogen) atoms. The van der Waals surface area contributed by atoms with E-state index in [4.69, 9.17) is 0 Å². The molecule has 1 saturated carbocycles. The molecule has 1 saturated heterocycles. The maximum Gasteiger partial charge on any atom is 0.153 e. The van der Waals surface area contributed by atoms with Gasteiger partial charge in [-0.05, 0) is 18.8 Å². The molecule has 0 spiro atoms. The highest BCUT2D eigenvalue weighted by atomic mass is 16.1. The third-order valence-corrected chi connectivity index (χ3v) is 2.63. The van der Waals surface area contributed by atoms with Crippen LogP contribution in [0.4, 0.5) is 0 Å². The van der Waals surface area contributed by atoms with Crippen LogP contribution in [-0.4, -0.2) is 17.9 Å². The molecule has 0 bridgehead atoms. The SMILES string of the molecule is CC(C)C(=O)[C@@H]1N[C@@H]1C1CC1. The van der Waals surface area contributed by atoms with Gasteiger partial charge in [0.1, 0.15) is 0 Å². The second-order valence-electron chi connectivity index (χ2n) is 4.06. The molecule has 0 aromatic rings. The molecule has 1 aliphatic carbocycles. The quantitative estimate of drug-likeness (QED) is 0.613. The van der Waals surface area contributed by atoms with Gasteiger partial charge in [-0.25, -0.2) is 0 Å². The molecule has 0 amide bonds. The number of carbonyl (C=O) groups is 1. The number of ketones is 1. The van der Waals surface area contributed by atoms with Crippen molar-refractivity contribution in [2.75, 3.05) is 0 Å². The van der Waals surface area contributed by atoms with E-state index in [-0.39, 0.29) is 12.0 Å². The Morgan fingerprint density at radius 1 is 1.45 bits per heavy atom. The Bertz CT molecular complexity index is 184. The lowest BCUT2D eigenvalue weighted by Gasteiger charge is -1.99. The Labute approximate surface area is 67.4 Å². The van der Waals surface area contributed by atoms with Gasteiger partial charge in [0, 0.05) is 12.0 Å². The van der Waals surface area contributed by atoms with Gasteiger partial charge in [-0.15, -0.1) is 0 Å². The van der Waals surface area contributed by atoms with E-state index >= 15 is 0 Å². The Morgan fingerprint density at radius 2 is 2.09 bits per heavy atom. The summed E-state index contributed by atoms with van der Waals surface area (Å²) in [7, 11) is 0. The van der Waals surface area contributed by atoms with E-state index in [1.807, 2.05) is 13.8 Å². The Balaban J connectivity index is 1.85. The summed E-state index contributed by atoms with van der Waals surface area (Å²) in [4.78, 5) is 11.4. The summed E-state index contributed by atoms with van der Waals surface area (Å²) in [6, 6.07) is 0.785. The van der Waals surface area contributed by atoms with Crippen LogP contribution in [-0.2, 0) is 4.79 Å². The van der Waals surface area contributed by atoms with Gasteiger partial charge >= 0.3 is 0 Å². The highest BCUT2D eigenvalue weighted by molar-refractivity contribution is 5.89. The number of hydrogen-bond acceptors (Lipinski definition) is 2. The largest absolute Gasteiger partial charge is 0.301 e. The zero-order valence-corrected chi connectivity index (χ0v) is 7.13. The second kappa shape index (κ2) is 2.31. The van der Waals surface area contributed by atoms with Gasteiger partial charge in [-0.3, -0.25) is 4.79 Å². The topological polar surface area (TPSA) is 39.0 Å². The maximum absolute atomic E-state index is 11.4. The summed E-state index contributed by atoms with van der Waals surface area (Å²) >= 11 is 0. The summed E-state index contributed by atoms with van der Waals surface area (Å²) in [5.74, 6) is 1.45. The fraction of sp³-hybridized carbons (Fsp3) is 0.889. The Morgan fingerprint density at radius 3 is 2.55 bits per heavy atom. The molecular weight excluding hydrogens is 138 g/mol. The van der Waals surface area contributed by atoms with E-state index in [9.17, 15) is 4.79 Å². The van der Waals surface area contributed by atoms with Crippen molar-refractivity contribution in [1.29, 1.82) is 0 Å². The first-order valence-corrected chi connectivity index (χ1v) is 4.50. The first-order valence-electron chi connectivity index (χ1n) is 4.50. The van der Waals surface area contributed by atoms with Crippen LogP contribution in [0.25, 0.3) is 0 Å². The maximum atomic E-state index is 11.4. The van der Waals surface area contributed by atoms with Gasteiger partial charge in [0.25, 0.3) is 0 Å². The van der Waals surface area contributed by atoms with Gasteiger partial charge in [0.2, 0.25) is 0 Å². The van der Waals surface area contributed by atoms with Crippen LogP contribution in [0.3, 0.4) is 0 Å². The molecule has 2 heteroatoms. The minimum Gasteiger partial charge on any atom is -0.301 e. The Hall–Kier alpha value is -0.370. The van der Waals surface area contributed by atoms with E-state index in [0.29, 0.717) is 11.8 Å². The van der Waals surface area contributed by atoms with Crippen molar-refractivity contribution in [3.05, 3.63) is 0 Å². The molecule has 2 rings (SSSR count). The van der Waals surface area contributed by atoms with Crippen LogP contribution < -0.4 is 5.32 Å². The van der Waals surface area contributed by atoms with E-state index in [0.717, 1.165) is 5.92 Å². The second-order valence-corrected chi connectivity index (χ2v) is 4.06. The summed E-state index contributed by atoms with van der Waals surface area (Å²) in [6.07, 6.45) is 2.67. The van der Waals surface area contributed by atoms with Crippen LogP contribution in [0.1, 0.15) is 26.7 Å². The highest BCUT2D eigenvalue weighted by Gasteiger charge is 2.50. The minimum atomic E-state index is 0.205. The number of hydrogen-bond donors (Lipinski definition) is 1. The zero-order valence-electron chi connectivity index (χ0n) is 7.13.